The van der Waals surface area contributed by atoms with Crippen molar-refractivity contribution >= 4 is 27.3 Å². The third-order valence-corrected chi connectivity index (χ3v) is 7.35. The molecular formula is C20H29N5O2S. The topological polar surface area (TPSA) is 110 Å². The molecule has 1 aromatic heterocycles. The fraction of sp³-hybridized carbons (Fsp3) is 0.500. The van der Waals surface area contributed by atoms with E-state index in [1.807, 2.05) is 13.0 Å². The summed E-state index contributed by atoms with van der Waals surface area (Å²) in [7, 11) is -3.41. The molecule has 8 heteroatoms. The van der Waals surface area contributed by atoms with Gasteiger partial charge in [-0.2, -0.15) is 4.98 Å². The summed E-state index contributed by atoms with van der Waals surface area (Å²) < 4.78 is 25.4. The third-order valence-electron chi connectivity index (χ3n) is 5.14. The van der Waals surface area contributed by atoms with Crippen LogP contribution in [0.15, 0.2) is 35.4 Å². The Kier molecular flexibility index (Phi) is 6.20. The van der Waals surface area contributed by atoms with Gasteiger partial charge >= 0.3 is 0 Å². The highest BCUT2D eigenvalue weighted by Gasteiger charge is 2.23. The third kappa shape index (κ3) is 4.62. The first-order chi connectivity index (χ1) is 13.3. The Morgan fingerprint density at radius 1 is 1.14 bits per heavy atom. The minimum atomic E-state index is -3.41. The fourth-order valence-electron chi connectivity index (χ4n) is 3.28. The molecule has 1 aromatic carbocycles. The molecule has 1 fully saturated rings. The number of nitrogens with two attached hydrogens (primary N) is 1. The van der Waals surface area contributed by atoms with Crippen molar-refractivity contribution in [1.29, 1.82) is 0 Å². The molecule has 3 rings (SSSR count). The highest BCUT2D eigenvalue weighted by molar-refractivity contribution is 7.92. The van der Waals surface area contributed by atoms with Gasteiger partial charge in [0.2, 0.25) is 5.95 Å². The highest BCUT2D eigenvalue weighted by Crippen LogP contribution is 2.29. The quantitative estimate of drug-likeness (QED) is 0.678. The average Bonchev–Trinajstić information content (AvgIpc) is 2.66. The Balaban J connectivity index is 1.84. The van der Waals surface area contributed by atoms with E-state index in [1.165, 1.54) is 0 Å². The van der Waals surface area contributed by atoms with Gasteiger partial charge in [0.05, 0.1) is 15.8 Å². The van der Waals surface area contributed by atoms with Gasteiger partial charge in [0.15, 0.2) is 9.84 Å². The zero-order chi connectivity index (χ0) is 20.3. The van der Waals surface area contributed by atoms with Gasteiger partial charge in [-0.3, -0.25) is 0 Å². The first kappa shape index (κ1) is 20.5. The molecule has 0 amide bonds. The van der Waals surface area contributed by atoms with Crippen molar-refractivity contribution in [3.63, 3.8) is 0 Å². The Morgan fingerprint density at radius 2 is 1.82 bits per heavy atom. The predicted molar refractivity (Wildman–Crippen MR) is 113 cm³/mol. The Labute approximate surface area is 167 Å². The number of hydrogen-bond donors (Lipinski definition) is 3. The van der Waals surface area contributed by atoms with Crippen molar-refractivity contribution in [2.24, 2.45) is 5.73 Å². The second-order valence-corrected chi connectivity index (χ2v) is 10.2. The molecule has 0 unspecified atom stereocenters. The molecule has 1 saturated carbocycles. The second-order valence-electron chi connectivity index (χ2n) is 7.70. The first-order valence-electron chi connectivity index (χ1n) is 9.73. The minimum absolute atomic E-state index is 0.277. The summed E-state index contributed by atoms with van der Waals surface area (Å²) in [5.74, 6) is 1.13. The summed E-state index contributed by atoms with van der Waals surface area (Å²) in [6.45, 7) is 5.26. The van der Waals surface area contributed by atoms with Crippen molar-refractivity contribution in [3.8, 4) is 0 Å². The summed E-state index contributed by atoms with van der Waals surface area (Å²) in [4.78, 5) is 9.25. The van der Waals surface area contributed by atoms with E-state index in [2.05, 4.69) is 20.6 Å². The van der Waals surface area contributed by atoms with Crippen LogP contribution in [0.3, 0.4) is 0 Å². The van der Waals surface area contributed by atoms with Crippen molar-refractivity contribution in [3.05, 3.63) is 36.0 Å². The van der Waals surface area contributed by atoms with Crippen LogP contribution in [0.1, 0.15) is 45.1 Å². The van der Waals surface area contributed by atoms with Gasteiger partial charge in [0.25, 0.3) is 0 Å². The molecular weight excluding hydrogens is 374 g/mol. The molecule has 0 bridgehead atoms. The lowest BCUT2D eigenvalue weighted by atomic mass is 9.92. The molecule has 0 spiro atoms. The largest absolute Gasteiger partial charge is 0.351 e. The Hall–Kier alpha value is -2.19. The van der Waals surface area contributed by atoms with Gasteiger partial charge < -0.3 is 16.4 Å². The van der Waals surface area contributed by atoms with Crippen LogP contribution in [0.2, 0.25) is 0 Å². The van der Waals surface area contributed by atoms with E-state index in [-0.39, 0.29) is 10.9 Å². The van der Waals surface area contributed by atoms with E-state index >= 15 is 0 Å². The highest BCUT2D eigenvalue weighted by atomic mass is 32.2. The van der Waals surface area contributed by atoms with Crippen molar-refractivity contribution < 1.29 is 8.42 Å². The first-order valence-corrected chi connectivity index (χ1v) is 11.3. The number of nitrogens with zero attached hydrogens (tertiary/aromatic N) is 2. The van der Waals surface area contributed by atoms with Gasteiger partial charge in [-0.1, -0.05) is 12.1 Å². The van der Waals surface area contributed by atoms with E-state index in [0.29, 0.717) is 23.5 Å². The normalized spacial score (nSPS) is 20.2. The van der Waals surface area contributed by atoms with Gasteiger partial charge in [0, 0.05) is 23.8 Å². The monoisotopic (exact) mass is 403 g/mol. The Morgan fingerprint density at radius 3 is 2.50 bits per heavy atom. The second kappa shape index (κ2) is 8.45. The number of sulfone groups is 1. The van der Waals surface area contributed by atoms with Crippen LogP contribution in [0, 0.1) is 6.92 Å². The van der Waals surface area contributed by atoms with Gasteiger partial charge in [-0.05, 0) is 58.6 Å². The molecule has 7 nitrogen and oxygen atoms in total. The van der Waals surface area contributed by atoms with Crippen molar-refractivity contribution in [2.75, 3.05) is 10.6 Å². The van der Waals surface area contributed by atoms with Crippen LogP contribution in [0.5, 0.6) is 0 Å². The van der Waals surface area contributed by atoms with E-state index < -0.39 is 15.1 Å². The molecule has 0 atom stereocenters. The molecule has 2 aromatic rings. The number of nitrogens with one attached hydrogen (secondary N) is 2. The zero-order valence-corrected chi connectivity index (χ0v) is 17.5. The molecule has 0 aliphatic heterocycles. The maximum Gasteiger partial charge on any atom is 0.224 e. The SMILES string of the molecule is Cc1cnc(NC2CCC(N)CC2)nc1Nc1ccccc1S(=O)(=O)C(C)C. The molecule has 0 radical (unpaired) electrons. The van der Waals surface area contributed by atoms with Gasteiger partial charge in [-0.25, -0.2) is 13.4 Å². The standard InChI is InChI=1S/C20H29N5O2S/c1-13(2)28(26,27)18-7-5-4-6-17(18)24-19-14(3)12-22-20(25-19)23-16-10-8-15(21)9-11-16/h4-7,12-13,15-16H,8-11,21H2,1-3H3,(H2,22,23,24,25). The summed E-state index contributed by atoms with van der Waals surface area (Å²) >= 11 is 0. The van der Waals surface area contributed by atoms with E-state index in [4.69, 9.17) is 5.73 Å². The molecule has 152 valence electrons. The van der Waals surface area contributed by atoms with Gasteiger partial charge in [0.1, 0.15) is 5.82 Å². The number of aromatic nitrogens is 2. The zero-order valence-electron chi connectivity index (χ0n) is 16.6. The number of rotatable bonds is 6. The van der Waals surface area contributed by atoms with Crippen LogP contribution < -0.4 is 16.4 Å². The van der Waals surface area contributed by atoms with E-state index in [1.54, 1.807) is 38.2 Å². The summed E-state index contributed by atoms with van der Waals surface area (Å²) in [5, 5.41) is 6.08. The summed E-state index contributed by atoms with van der Waals surface area (Å²) in [5.41, 5.74) is 7.33. The molecule has 28 heavy (non-hydrogen) atoms. The maximum absolute atomic E-state index is 12.7. The molecule has 1 aliphatic rings. The van der Waals surface area contributed by atoms with E-state index in [9.17, 15) is 8.42 Å². The van der Waals surface area contributed by atoms with E-state index in [0.717, 1.165) is 31.2 Å². The van der Waals surface area contributed by atoms with Crippen molar-refractivity contribution in [1.82, 2.24) is 9.97 Å². The van der Waals surface area contributed by atoms with Crippen molar-refractivity contribution in [2.45, 2.75) is 68.7 Å². The molecule has 0 saturated heterocycles. The number of para-hydroxylation sites is 1. The molecule has 4 N–H and O–H groups in total. The lowest BCUT2D eigenvalue weighted by Crippen LogP contribution is -2.33. The predicted octanol–water partition coefficient (Wildman–Crippen LogP) is 3.39. The summed E-state index contributed by atoms with van der Waals surface area (Å²) in [6, 6.07) is 7.51. The fourth-order valence-corrected chi connectivity index (χ4v) is 4.49. The number of hydrogen-bond acceptors (Lipinski definition) is 7. The van der Waals surface area contributed by atoms with Crippen LogP contribution in [0.4, 0.5) is 17.5 Å². The summed E-state index contributed by atoms with van der Waals surface area (Å²) in [6.07, 6.45) is 5.73. The number of aryl methyl sites for hydroxylation is 1. The average molecular weight is 404 g/mol. The maximum atomic E-state index is 12.7. The number of benzene rings is 1. The van der Waals surface area contributed by atoms with Crippen LogP contribution in [-0.4, -0.2) is 35.7 Å². The van der Waals surface area contributed by atoms with Gasteiger partial charge in [-0.15, -0.1) is 0 Å². The lowest BCUT2D eigenvalue weighted by molar-refractivity contribution is 0.410. The molecule has 1 aliphatic carbocycles. The number of anilines is 3. The van der Waals surface area contributed by atoms with Crippen LogP contribution >= 0.6 is 0 Å². The van der Waals surface area contributed by atoms with Crippen LogP contribution in [-0.2, 0) is 9.84 Å². The molecule has 1 heterocycles. The van der Waals surface area contributed by atoms with Crippen LogP contribution in [0.25, 0.3) is 0 Å². The minimum Gasteiger partial charge on any atom is -0.351 e. The Bertz CT molecular complexity index is 922. The lowest BCUT2D eigenvalue weighted by Gasteiger charge is -2.27. The smallest absolute Gasteiger partial charge is 0.224 e.